The van der Waals surface area contributed by atoms with Crippen molar-refractivity contribution in [3.63, 3.8) is 0 Å². The Labute approximate surface area is 228 Å². The zero-order valence-electron chi connectivity index (χ0n) is 20.8. The van der Waals surface area contributed by atoms with Crippen LogP contribution in [-0.2, 0) is 21.8 Å². The van der Waals surface area contributed by atoms with Gasteiger partial charge in [-0.15, -0.1) is 0 Å². The first-order chi connectivity index (χ1) is 19.4. The number of carbonyl (C=O) groups excluding carboxylic acids is 2. The van der Waals surface area contributed by atoms with Gasteiger partial charge >= 0.3 is 24.3 Å². The predicted molar refractivity (Wildman–Crippen MR) is 123 cm³/mol. The maximum atomic E-state index is 13.2. The van der Waals surface area contributed by atoms with Crippen LogP contribution >= 0.6 is 0 Å². The first kappa shape index (κ1) is 32.8. The number of nitro benzene ring substituents is 2. The summed E-state index contributed by atoms with van der Waals surface area (Å²) in [5.41, 5.74) is -6.96. The normalized spacial score (nSPS) is 11.1. The summed E-state index contributed by atoms with van der Waals surface area (Å²) in [7, 11) is 1.81. The van der Waals surface area contributed by atoms with Gasteiger partial charge in [0.1, 0.15) is 34.0 Å². The molecule has 224 valence electrons. The third-order valence-corrected chi connectivity index (χ3v) is 4.86. The van der Waals surface area contributed by atoms with Gasteiger partial charge in [-0.2, -0.15) is 26.3 Å². The number of ether oxygens (including phenoxy) is 3. The highest BCUT2D eigenvalue weighted by atomic mass is 19.4. The number of pyridine rings is 1. The zero-order chi connectivity index (χ0) is 32.0. The number of methoxy groups -OCH3 is 2. The SMILES string of the molecule is COC(=O)c1cc(F)c(C(F)(F)F)cc1[N+](=O)[O-].COC(=O)c1cc(Oc2cccnc2)c(C(F)(F)F)cc1[N+](=O)[O-]. The summed E-state index contributed by atoms with van der Waals surface area (Å²) in [4.78, 5) is 45.6. The molecule has 0 aliphatic carbocycles. The molecule has 3 rings (SSSR count). The molecule has 1 heterocycles. The van der Waals surface area contributed by atoms with E-state index >= 15 is 0 Å². The van der Waals surface area contributed by atoms with Gasteiger partial charge < -0.3 is 14.2 Å². The Balaban J connectivity index is 0.000000307. The average Bonchev–Trinajstić information content (AvgIpc) is 2.91. The van der Waals surface area contributed by atoms with Crippen molar-refractivity contribution in [3.05, 3.63) is 97.1 Å². The Hall–Kier alpha value is -5.36. The van der Waals surface area contributed by atoms with Crippen molar-refractivity contribution in [1.82, 2.24) is 4.98 Å². The van der Waals surface area contributed by atoms with Gasteiger partial charge in [0.25, 0.3) is 11.4 Å². The van der Waals surface area contributed by atoms with E-state index in [2.05, 4.69) is 14.5 Å². The molecule has 19 heteroatoms. The van der Waals surface area contributed by atoms with E-state index in [1.807, 2.05) is 0 Å². The quantitative estimate of drug-likeness (QED) is 0.138. The number of esters is 2. The molecule has 0 spiro atoms. The van der Waals surface area contributed by atoms with Gasteiger partial charge in [-0.05, 0) is 18.2 Å². The van der Waals surface area contributed by atoms with Crippen molar-refractivity contribution in [3.8, 4) is 11.5 Å². The van der Waals surface area contributed by atoms with Crippen LogP contribution in [0, 0.1) is 26.0 Å². The third-order valence-electron chi connectivity index (χ3n) is 4.86. The summed E-state index contributed by atoms with van der Waals surface area (Å²) < 4.78 is 103. The van der Waals surface area contributed by atoms with Crippen LogP contribution in [0.5, 0.6) is 11.5 Å². The lowest BCUT2D eigenvalue weighted by molar-refractivity contribution is -0.385. The minimum absolute atomic E-state index is 0.0346. The van der Waals surface area contributed by atoms with Gasteiger partial charge in [-0.25, -0.2) is 14.0 Å². The van der Waals surface area contributed by atoms with Crippen LogP contribution in [0.2, 0.25) is 0 Å². The van der Waals surface area contributed by atoms with Crippen molar-refractivity contribution < 1.29 is 64.4 Å². The molecular formula is C23H14F7N3O9. The second kappa shape index (κ2) is 12.9. The first-order valence-electron chi connectivity index (χ1n) is 10.6. The maximum absolute atomic E-state index is 13.2. The summed E-state index contributed by atoms with van der Waals surface area (Å²) in [5, 5.41) is 21.5. The molecule has 1 aromatic heterocycles. The summed E-state index contributed by atoms with van der Waals surface area (Å²) in [6, 6.07) is 3.72. The molecule has 0 radical (unpaired) electrons. The lowest BCUT2D eigenvalue weighted by atomic mass is 10.1. The summed E-state index contributed by atoms with van der Waals surface area (Å²) >= 11 is 0. The lowest BCUT2D eigenvalue weighted by Crippen LogP contribution is -2.13. The third kappa shape index (κ3) is 7.86. The van der Waals surface area contributed by atoms with Gasteiger partial charge in [0.05, 0.1) is 35.8 Å². The molecule has 12 nitrogen and oxygen atoms in total. The molecule has 3 aromatic rings. The molecule has 0 saturated carbocycles. The number of halogens is 7. The van der Waals surface area contributed by atoms with Crippen LogP contribution in [0.25, 0.3) is 0 Å². The molecule has 0 aliphatic heterocycles. The highest BCUT2D eigenvalue weighted by Gasteiger charge is 2.39. The number of nitrogens with zero attached hydrogens (tertiary/aromatic N) is 3. The van der Waals surface area contributed by atoms with E-state index in [0.717, 1.165) is 20.4 Å². The molecule has 2 aromatic carbocycles. The average molecular weight is 609 g/mol. The molecule has 0 fully saturated rings. The lowest BCUT2D eigenvalue weighted by Gasteiger charge is -2.14. The summed E-state index contributed by atoms with van der Waals surface area (Å²) in [6.07, 6.45) is -7.49. The van der Waals surface area contributed by atoms with Gasteiger partial charge in [0.15, 0.2) is 0 Å². The first-order valence-corrected chi connectivity index (χ1v) is 10.6. The van der Waals surface area contributed by atoms with E-state index in [0.29, 0.717) is 6.07 Å². The number of alkyl halides is 6. The zero-order valence-corrected chi connectivity index (χ0v) is 20.8. The number of nitro groups is 2. The van der Waals surface area contributed by atoms with Gasteiger partial charge in [-0.3, -0.25) is 25.2 Å². The fourth-order valence-electron chi connectivity index (χ4n) is 3.04. The predicted octanol–water partition coefficient (Wildman–Crippen LogP) is 6.13. The number of hydrogen-bond acceptors (Lipinski definition) is 10. The fraction of sp³-hybridized carbons (Fsp3) is 0.174. The van der Waals surface area contributed by atoms with E-state index in [-0.39, 0.29) is 23.9 Å². The van der Waals surface area contributed by atoms with Crippen molar-refractivity contribution in [2.24, 2.45) is 0 Å². The van der Waals surface area contributed by atoms with Gasteiger partial charge in [0.2, 0.25) is 0 Å². The molecule has 0 bridgehead atoms. The summed E-state index contributed by atoms with van der Waals surface area (Å²) in [6.45, 7) is 0. The number of aromatic nitrogens is 1. The molecule has 0 amide bonds. The van der Waals surface area contributed by atoms with Crippen LogP contribution in [0.15, 0.2) is 48.8 Å². The minimum Gasteiger partial charge on any atom is -0.465 e. The Morgan fingerprint density at radius 1 is 0.810 bits per heavy atom. The topological polar surface area (TPSA) is 161 Å². The van der Waals surface area contributed by atoms with Crippen LogP contribution in [0.1, 0.15) is 31.8 Å². The van der Waals surface area contributed by atoms with Gasteiger partial charge in [-0.1, -0.05) is 0 Å². The van der Waals surface area contributed by atoms with E-state index < -0.39 is 79.3 Å². The largest absolute Gasteiger partial charge is 0.465 e. The molecule has 0 aliphatic rings. The van der Waals surface area contributed by atoms with E-state index in [4.69, 9.17) is 4.74 Å². The highest BCUT2D eigenvalue weighted by molar-refractivity contribution is 5.95. The molecule has 0 saturated heterocycles. The van der Waals surface area contributed by atoms with Gasteiger partial charge in [0, 0.05) is 24.4 Å². The molecule has 0 atom stereocenters. The molecule has 0 unspecified atom stereocenters. The van der Waals surface area contributed by atoms with E-state index in [1.54, 1.807) is 0 Å². The second-order valence-corrected chi connectivity index (χ2v) is 7.50. The number of carbonyl (C=O) groups is 2. The number of benzene rings is 2. The number of rotatable bonds is 6. The molecule has 0 N–H and O–H groups in total. The van der Waals surface area contributed by atoms with E-state index in [9.17, 15) is 60.6 Å². The van der Waals surface area contributed by atoms with Crippen LogP contribution in [-0.4, -0.2) is 41.0 Å². The molecule has 42 heavy (non-hydrogen) atoms. The van der Waals surface area contributed by atoms with Crippen LogP contribution < -0.4 is 4.74 Å². The van der Waals surface area contributed by atoms with Crippen LogP contribution in [0.3, 0.4) is 0 Å². The number of hydrogen-bond donors (Lipinski definition) is 0. The Morgan fingerprint density at radius 2 is 1.29 bits per heavy atom. The highest BCUT2D eigenvalue weighted by Crippen LogP contribution is 2.42. The minimum atomic E-state index is -5.09. The van der Waals surface area contributed by atoms with Crippen molar-refractivity contribution in [2.45, 2.75) is 12.4 Å². The van der Waals surface area contributed by atoms with E-state index in [1.165, 1.54) is 18.3 Å². The Kier molecular flexibility index (Phi) is 10.1. The van der Waals surface area contributed by atoms with Crippen molar-refractivity contribution >= 4 is 23.3 Å². The maximum Gasteiger partial charge on any atom is 0.420 e. The smallest absolute Gasteiger partial charge is 0.420 e. The summed E-state index contributed by atoms with van der Waals surface area (Å²) in [5.74, 6) is -5.05. The Morgan fingerprint density at radius 3 is 1.69 bits per heavy atom. The Bertz CT molecular complexity index is 1510. The van der Waals surface area contributed by atoms with Crippen LogP contribution in [0.4, 0.5) is 42.1 Å². The van der Waals surface area contributed by atoms with Crippen molar-refractivity contribution in [2.75, 3.05) is 14.2 Å². The van der Waals surface area contributed by atoms with Crippen molar-refractivity contribution in [1.29, 1.82) is 0 Å². The fourth-order valence-corrected chi connectivity index (χ4v) is 3.04. The monoisotopic (exact) mass is 609 g/mol. The second-order valence-electron chi connectivity index (χ2n) is 7.50. The standard InChI is InChI=1S/C14H9F3N2O5.C9H5F4NO4/c1-23-13(20)9-5-12(24-8-3-2-4-18-7-8)10(14(15,16)17)6-11(9)19(21)22;1-18-8(15)4-2-6(10)5(9(11,12)13)3-7(4)14(16)17/h2-7H,1H3;2-3H,1H3. The molecular weight excluding hydrogens is 595 g/mol.